The van der Waals surface area contributed by atoms with Crippen LogP contribution in [-0.2, 0) is 21.4 Å². The highest BCUT2D eigenvalue weighted by Gasteiger charge is 2.19. The summed E-state index contributed by atoms with van der Waals surface area (Å²) in [5.41, 5.74) is 0.984. The fourth-order valence-electron chi connectivity index (χ4n) is 2.73. The van der Waals surface area contributed by atoms with Crippen molar-refractivity contribution in [1.29, 1.82) is 0 Å². The smallest absolute Gasteiger partial charge is 0.251 e. The lowest BCUT2D eigenvalue weighted by Crippen LogP contribution is -2.36. The molecule has 0 unspecified atom stereocenters. The van der Waals surface area contributed by atoms with Crippen LogP contribution in [-0.4, -0.2) is 58.4 Å². The van der Waals surface area contributed by atoms with Crippen molar-refractivity contribution in [2.75, 3.05) is 33.9 Å². The first kappa shape index (κ1) is 21.6. The number of ether oxygens (including phenoxy) is 2. The molecule has 0 bridgehead atoms. The lowest BCUT2D eigenvalue weighted by atomic mass is 10.2. The van der Waals surface area contributed by atoms with Crippen LogP contribution in [0.4, 0.5) is 0 Å². The molecule has 3 rings (SSSR count). The summed E-state index contributed by atoms with van der Waals surface area (Å²) in [7, 11) is -0.834. The number of nitrogens with zero attached hydrogens (tertiary/aromatic N) is 1. The Morgan fingerprint density at radius 2 is 1.73 bits per heavy atom. The van der Waals surface area contributed by atoms with Gasteiger partial charge in [-0.3, -0.25) is 9.59 Å². The Balaban J connectivity index is 1.53. The van der Waals surface area contributed by atoms with Gasteiger partial charge in [0.15, 0.2) is 11.5 Å². The Bertz CT molecular complexity index is 1050. The van der Waals surface area contributed by atoms with Crippen LogP contribution in [0.15, 0.2) is 47.4 Å². The zero-order valence-corrected chi connectivity index (χ0v) is 17.5. The fraction of sp³-hybridized carbons (Fsp3) is 0.300. The number of sulfonamides is 1. The van der Waals surface area contributed by atoms with E-state index in [-0.39, 0.29) is 29.5 Å². The number of nitrogens with one attached hydrogen (secondary N) is 2. The molecule has 10 heteroatoms. The molecule has 1 heterocycles. The molecule has 0 atom stereocenters. The summed E-state index contributed by atoms with van der Waals surface area (Å²) in [5, 5.41) is 5.20. The molecule has 2 amide bonds. The molecule has 9 nitrogen and oxygen atoms in total. The highest BCUT2D eigenvalue weighted by molar-refractivity contribution is 7.89. The molecule has 2 aromatic carbocycles. The zero-order valence-electron chi connectivity index (χ0n) is 16.7. The molecule has 2 N–H and O–H groups in total. The van der Waals surface area contributed by atoms with Crippen molar-refractivity contribution in [2.24, 2.45) is 0 Å². The van der Waals surface area contributed by atoms with E-state index in [1.165, 1.54) is 38.4 Å². The maximum absolute atomic E-state index is 12.3. The van der Waals surface area contributed by atoms with Crippen LogP contribution in [0.1, 0.15) is 15.9 Å². The Morgan fingerprint density at radius 3 is 2.47 bits per heavy atom. The van der Waals surface area contributed by atoms with Crippen molar-refractivity contribution in [2.45, 2.75) is 11.4 Å². The first-order valence-corrected chi connectivity index (χ1v) is 10.7. The maximum Gasteiger partial charge on any atom is 0.251 e. The average molecular weight is 433 g/mol. The SMILES string of the molecule is CN(C)S(=O)(=O)c1cccc(C(=O)NCC(=O)NCc2ccc3c(c2)OCCO3)c1. The number of benzene rings is 2. The third kappa shape index (κ3) is 5.08. The Morgan fingerprint density at radius 1 is 1.00 bits per heavy atom. The van der Waals surface area contributed by atoms with E-state index < -0.39 is 15.9 Å². The molecule has 2 aromatic rings. The third-order valence-electron chi connectivity index (χ3n) is 4.38. The molecule has 0 spiro atoms. The molecule has 1 aliphatic rings. The highest BCUT2D eigenvalue weighted by atomic mass is 32.2. The van der Waals surface area contributed by atoms with Crippen LogP contribution in [0.5, 0.6) is 11.5 Å². The number of carbonyl (C=O) groups excluding carboxylic acids is 2. The number of fused-ring (bicyclic) bond motifs is 1. The largest absolute Gasteiger partial charge is 0.486 e. The van der Waals surface area contributed by atoms with Crippen molar-refractivity contribution in [3.63, 3.8) is 0 Å². The van der Waals surface area contributed by atoms with Gasteiger partial charge in [0.25, 0.3) is 5.91 Å². The Kier molecular flexibility index (Phi) is 6.58. The van der Waals surface area contributed by atoms with Gasteiger partial charge in [0.2, 0.25) is 15.9 Å². The van der Waals surface area contributed by atoms with Crippen LogP contribution in [0.2, 0.25) is 0 Å². The number of hydrogen-bond donors (Lipinski definition) is 2. The zero-order chi connectivity index (χ0) is 21.7. The van der Waals surface area contributed by atoms with Gasteiger partial charge >= 0.3 is 0 Å². The van der Waals surface area contributed by atoms with Gasteiger partial charge in [-0.05, 0) is 35.9 Å². The van der Waals surface area contributed by atoms with Gasteiger partial charge in [0.05, 0.1) is 11.4 Å². The van der Waals surface area contributed by atoms with Gasteiger partial charge in [0.1, 0.15) is 13.2 Å². The number of carbonyl (C=O) groups is 2. The van der Waals surface area contributed by atoms with Crippen LogP contribution in [0.3, 0.4) is 0 Å². The quantitative estimate of drug-likeness (QED) is 0.666. The average Bonchev–Trinajstić information content (AvgIpc) is 2.75. The monoisotopic (exact) mass is 433 g/mol. The first-order chi connectivity index (χ1) is 14.3. The molecule has 0 fully saturated rings. The minimum absolute atomic E-state index is 0.00297. The topological polar surface area (TPSA) is 114 Å². The molecule has 0 saturated carbocycles. The second kappa shape index (κ2) is 9.14. The van der Waals surface area contributed by atoms with Crippen molar-refractivity contribution in [3.8, 4) is 11.5 Å². The summed E-state index contributed by atoms with van der Waals surface area (Å²) in [6, 6.07) is 11.0. The fourth-order valence-corrected chi connectivity index (χ4v) is 3.68. The van der Waals surface area contributed by atoms with Gasteiger partial charge in [-0.1, -0.05) is 12.1 Å². The van der Waals surface area contributed by atoms with E-state index in [9.17, 15) is 18.0 Å². The van der Waals surface area contributed by atoms with E-state index in [0.717, 1.165) is 9.87 Å². The second-order valence-electron chi connectivity index (χ2n) is 6.75. The molecule has 160 valence electrons. The molecule has 30 heavy (non-hydrogen) atoms. The van der Waals surface area contributed by atoms with Crippen molar-refractivity contribution in [3.05, 3.63) is 53.6 Å². The molecular weight excluding hydrogens is 410 g/mol. The third-order valence-corrected chi connectivity index (χ3v) is 6.19. The summed E-state index contributed by atoms with van der Waals surface area (Å²) in [6.45, 7) is 1.01. The molecule has 0 saturated heterocycles. The van der Waals surface area contributed by atoms with E-state index in [2.05, 4.69) is 10.6 Å². The second-order valence-corrected chi connectivity index (χ2v) is 8.90. The van der Waals surface area contributed by atoms with Gasteiger partial charge in [0, 0.05) is 26.2 Å². The van der Waals surface area contributed by atoms with Crippen LogP contribution >= 0.6 is 0 Å². The lowest BCUT2D eigenvalue weighted by molar-refractivity contribution is -0.120. The Labute approximate surface area is 175 Å². The van der Waals surface area contributed by atoms with Crippen LogP contribution in [0, 0.1) is 0 Å². The van der Waals surface area contributed by atoms with Crippen molar-refractivity contribution in [1.82, 2.24) is 14.9 Å². The lowest BCUT2D eigenvalue weighted by Gasteiger charge is -2.19. The normalized spacial score (nSPS) is 13.0. The van der Waals surface area contributed by atoms with Gasteiger partial charge in [-0.2, -0.15) is 0 Å². The van der Waals surface area contributed by atoms with E-state index in [1.807, 2.05) is 6.07 Å². The standard InChI is InChI=1S/C20H23N3O6S/c1-23(2)30(26,27)16-5-3-4-15(11-16)20(25)22-13-19(24)21-12-14-6-7-17-18(10-14)29-9-8-28-17/h3-7,10-11H,8-9,12-13H2,1-2H3,(H,21,24)(H,22,25). The van der Waals surface area contributed by atoms with Gasteiger partial charge in [-0.15, -0.1) is 0 Å². The van der Waals surface area contributed by atoms with Gasteiger partial charge < -0.3 is 20.1 Å². The number of rotatable bonds is 7. The summed E-state index contributed by atoms with van der Waals surface area (Å²) in [5.74, 6) is 0.381. The first-order valence-electron chi connectivity index (χ1n) is 9.23. The van der Waals surface area contributed by atoms with Crippen LogP contribution < -0.4 is 20.1 Å². The van der Waals surface area contributed by atoms with Crippen LogP contribution in [0.25, 0.3) is 0 Å². The van der Waals surface area contributed by atoms with E-state index in [4.69, 9.17) is 9.47 Å². The van der Waals surface area contributed by atoms with E-state index in [1.54, 1.807) is 12.1 Å². The summed E-state index contributed by atoms with van der Waals surface area (Å²) < 4.78 is 36.4. The molecule has 0 aromatic heterocycles. The molecule has 1 aliphatic heterocycles. The molecule has 0 radical (unpaired) electrons. The summed E-state index contributed by atoms with van der Waals surface area (Å²) >= 11 is 0. The summed E-state index contributed by atoms with van der Waals surface area (Å²) in [6.07, 6.45) is 0. The summed E-state index contributed by atoms with van der Waals surface area (Å²) in [4.78, 5) is 24.4. The maximum atomic E-state index is 12.3. The molecular formula is C20H23N3O6S. The Hall–Kier alpha value is -3.11. The van der Waals surface area contributed by atoms with E-state index in [0.29, 0.717) is 24.7 Å². The number of amides is 2. The van der Waals surface area contributed by atoms with Crippen molar-refractivity contribution < 1.29 is 27.5 Å². The predicted molar refractivity (Wildman–Crippen MR) is 109 cm³/mol. The van der Waals surface area contributed by atoms with Gasteiger partial charge in [-0.25, -0.2) is 12.7 Å². The highest BCUT2D eigenvalue weighted by Crippen LogP contribution is 2.30. The van der Waals surface area contributed by atoms with E-state index >= 15 is 0 Å². The minimum atomic E-state index is -3.66. The van der Waals surface area contributed by atoms with Crippen molar-refractivity contribution >= 4 is 21.8 Å². The predicted octanol–water partition coefficient (Wildman–Crippen LogP) is 0.754. The number of hydrogen-bond acceptors (Lipinski definition) is 6. The molecule has 0 aliphatic carbocycles. The minimum Gasteiger partial charge on any atom is -0.486 e.